The number of nitrogens with zero attached hydrogens (tertiary/aromatic N) is 2. The number of aliphatic carboxylic acids is 1. The third-order valence-corrected chi connectivity index (χ3v) is 5.66. The number of para-hydroxylation sites is 1. The van der Waals surface area contributed by atoms with Crippen LogP contribution in [0.3, 0.4) is 0 Å². The summed E-state index contributed by atoms with van der Waals surface area (Å²) in [6.45, 7) is 4.31. The van der Waals surface area contributed by atoms with Crippen molar-refractivity contribution in [2.24, 2.45) is 0 Å². The Morgan fingerprint density at radius 2 is 1.93 bits per heavy atom. The Kier molecular flexibility index (Phi) is 5.95. The second-order valence-corrected chi connectivity index (χ2v) is 7.53. The van der Waals surface area contributed by atoms with Crippen LogP contribution in [0.2, 0.25) is 0 Å². The molecule has 0 fully saturated rings. The van der Waals surface area contributed by atoms with E-state index in [4.69, 9.17) is 4.74 Å². The van der Waals surface area contributed by atoms with Crippen molar-refractivity contribution in [3.63, 3.8) is 0 Å². The topological polar surface area (TPSA) is 95.7 Å². The number of rotatable bonds is 4. The number of non-ortho nitro benzene ring substituents is 1. The largest absolute Gasteiger partial charge is 1.00 e. The molecule has 0 aliphatic carbocycles. The van der Waals surface area contributed by atoms with Gasteiger partial charge in [0.2, 0.25) is 5.72 Å². The molecule has 2 aliphatic rings. The summed E-state index contributed by atoms with van der Waals surface area (Å²) in [5.74, 6) is -0.611. The zero-order valence-electron chi connectivity index (χ0n) is 16.5. The number of benzene rings is 2. The Labute approximate surface area is 210 Å². The van der Waals surface area contributed by atoms with Crippen LogP contribution >= 0.6 is 0 Å². The molecule has 0 radical (unpaired) electrons. The van der Waals surface area contributed by atoms with Crippen molar-refractivity contribution in [1.82, 2.24) is 0 Å². The minimum Gasteiger partial charge on any atom is -0.550 e. The number of fused-ring (bicyclic) bond motifs is 2. The second kappa shape index (κ2) is 7.85. The van der Waals surface area contributed by atoms with E-state index in [1.54, 1.807) is 6.07 Å². The smallest absolute Gasteiger partial charge is 0.550 e. The average Bonchev–Trinajstić information content (AvgIpc) is 2.84. The van der Waals surface area contributed by atoms with Crippen LogP contribution in [0.25, 0.3) is 6.08 Å². The van der Waals surface area contributed by atoms with E-state index in [1.165, 1.54) is 12.1 Å². The van der Waals surface area contributed by atoms with Gasteiger partial charge in [0.15, 0.2) is 0 Å². The Morgan fingerprint density at radius 3 is 2.62 bits per heavy atom. The first-order chi connectivity index (χ1) is 13.3. The van der Waals surface area contributed by atoms with Crippen LogP contribution in [-0.2, 0) is 10.2 Å². The molecule has 0 bridgehead atoms. The van der Waals surface area contributed by atoms with Crippen molar-refractivity contribution in [1.29, 1.82) is 0 Å². The molecule has 2 heterocycles. The number of carbonyl (C=O) groups excluding carboxylic acids is 1. The molecule has 2 aliphatic heterocycles. The van der Waals surface area contributed by atoms with Crippen molar-refractivity contribution in [2.45, 2.75) is 31.4 Å². The fourth-order valence-electron chi connectivity index (χ4n) is 4.19. The van der Waals surface area contributed by atoms with Gasteiger partial charge in [-0.2, -0.15) is 0 Å². The number of nitro benzene ring substituents is 1. The first kappa shape index (κ1) is 22.0. The second-order valence-electron chi connectivity index (χ2n) is 7.53. The van der Waals surface area contributed by atoms with Gasteiger partial charge in [-0.15, -0.1) is 0 Å². The van der Waals surface area contributed by atoms with Gasteiger partial charge in [-0.1, -0.05) is 18.2 Å². The molecule has 144 valence electrons. The summed E-state index contributed by atoms with van der Waals surface area (Å²) < 4.78 is 6.46. The fourth-order valence-corrected chi connectivity index (χ4v) is 4.19. The molecular weight excluding hydrogens is 399 g/mol. The maximum atomic E-state index is 11.1. The van der Waals surface area contributed by atoms with Gasteiger partial charge >= 0.3 is 51.4 Å². The molecule has 0 saturated carbocycles. The predicted octanol–water partition coefficient (Wildman–Crippen LogP) is -0.361. The molecule has 1 unspecified atom stereocenters. The summed E-state index contributed by atoms with van der Waals surface area (Å²) in [6.07, 6.45) is 3.54. The number of anilines is 1. The zero-order chi connectivity index (χ0) is 20.1. The molecule has 2 aromatic carbocycles. The number of hydrogen-bond donors (Lipinski definition) is 0. The summed E-state index contributed by atoms with van der Waals surface area (Å²) >= 11 is 0. The van der Waals surface area contributed by atoms with Gasteiger partial charge in [0.1, 0.15) is 5.75 Å². The number of carbonyl (C=O) groups is 1. The summed E-state index contributed by atoms with van der Waals surface area (Å²) in [5.41, 5.74) is 1.12. The standard InChI is InChI=1S/C21H20N2O5.K/c1-20(2)16-5-3-4-6-17(16)22(12-10-19(24)25)21(20)11-9-14-13-15(23(26)27)7-8-18(14)28-21;/h3-9,11,13H,10,12H2,1-2H3,(H,24,25);/q;+1/p-1. The number of nitro groups is 1. The van der Waals surface area contributed by atoms with Crippen molar-refractivity contribution in [2.75, 3.05) is 11.4 Å². The molecule has 1 spiro atoms. The maximum absolute atomic E-state index is 11.1. The number of carboxylic acids is 1. The van der Waals surface area contributed by atoms with Crippen LogP contribution in [0.4, 0.5) is 11.4 Å². The van der Waals surface area contributed by atoms with Gasteiger partial charge in [-0.3, -0.25) is 10.1 Å². The summed E-state index contributed by atoms with van der Waals surface area (Å²) in [7, 11) is 0. The third kappa shape index (κ3) is 3.42. The molecule has 4 rings (SSSR count). The minimum absolute atomic E-state index is 0. The van der Waals surface area contributed by atoms with Crippen molar-refractivity contribution in [3.05, 3.63) is 69.8 Å². The van der Waals surface area contributed by atoms with Crippen LogP contribution < -0.4 is 66.1 Å². The van der Waals surface area contributed by atoms with Crippen LogP contribution in [0.5, 0.6) is 5.75 Å². The Morgan fingerprint density at radius 1 is 1.21 bits per heavy atom. The van der Waals surface area contributed by atoms with E-state index in [0.717, 1.165) is 11.3 Å². The van der Waals surface area contributed by atoms with Crippen molar-refractivity contribution < 1.29 is 70.9 Å². The van der Waals surface area contributed by atoms with Crippen molar-refractivity contribution in [3.8, 4) is 5.75 Å². The number of ether oxygens (including phenoxy) is 1. The van der Waals surface area contributed by atoms with Crippen LogP contribution in [0, 0.1) is 10.1 Å². The monoisotopic (exact) mass is 418 g/mol. The van der Waals surface area contributed by atoms with Crippen molar-refractivity contribution >= 4 is 23.4 Å². The molecule has 0 aromatic heterocycles. The van der Waals surface area contributed by atoms with Gasteiger partial charge in [-0.25, -0.2) is 0 Å². The molecule has 0 saturated heterocycles. The quantitative estimate of drug-likeness (QED) is 0.382. The molecule has 8 heteroatoms. The molecule has 1 atom stereocenters. The van der Waals surface area contributed by atoms with Gasteiger partial charge in [-0.05, 0) is 43.7 Å². The van der Waals surface area contributed by atoms with Crippen LogP contribution in [0.15, 0.2) is 48.5 Å². The summed E-state index contributed by atoms with van der Waals surface area (Å²) in [6, 6.07) is 12.3. The van der Waals surface area contributed by atoms with E-state index in [9.17, 15) is 20.0 Å². The molecule has 2 aromatic rings. The fraction of sp³-hybridized carbons (Fsp3) is 0.286. The van der Waals surface area contributed by atoms with E-state index in [0.29, 0.717) is 11.3 Å². The zero-order valence-corrected chi connectivity index (χ0v) is 19.7. The van der Waals surface area contributed by atoms with Crippen LogP contribution in [0.1, 0.15) is 31.4 Å². The predicted molar refractivity (Wildman–Crippen MR) is 102 cm³/mol. The van der Waals surface area contributed by atoms with E-state index < -0.39 is 22.0 Å². The van der Waals surface area contributed by atoms with E-state index in [-0.39, 0.29) is 70.0 Å². The molecule has 0 amide bonds. The first-order valence-corrected chi connectivity index (χ1v) is 9.00. The Bertz CT molecular complexity index is 1020. The molecule has 29 heavy (non-hydrogen) atoms. The van der Waals surface area contributed by atoms with E-state index in [1.807, 2.05) is 55.2 Å². The Hall–Kier alpha value is -1.71. The number of hydrogen-bond acceptors (Lipinski definition) is 6. The van der Waals surface area contributed by atoms with Gasteiger partial charge in [0.05, 0.1) is 10.3 Å². The number of carboxylic acid groups (broad SMARTS) is 1. The molecular formula is C21H19KN2O5. The average molecular weight is 418 g/mol. The minimum atomic E-state index is -1.13. The molecule has 7 nitrogen and oxygen atoms in total. The normalized spacial score (nSPS) is 20.4. The Balaban J connectivity index is 0.00000240. The van der Waals surface area contributed by atoms with Gasteiger partial charge < -0.3 is 19.5 Å². The summed E-state index contributed by atoms with van der Waals surface area (Å²) in [4.78, 5) is 23.7. The van der Waals surface area contributed by atoms with E-state index >= 15 is 0 Å². The third-order valence-electron chi connectivity index (χ3n) is 5.66. The SMILES string of the molecule is CC1(C)c2ccccc2N(CCC(=O)[O-])C12C=Cc1cc([N+](=O)[O-])ccc1O2.[K+]. The van der Waals surface area contributed by atoms with E-state index in [2.05, 4.69) is 0 Å². The maximum Gasteiger partial charge on any atom is 1.00 e. The van der Waals surface area contributed by atoms with Gasteiger partial charge in [0.25, 0.3) is 5.69 Å². The first-order valence-electron chi connectivity index (χ1n) is 9.00. The van der Waals surface area contributed by atoms with Crippen LogP contribution in [-0.4, -0.2) is 23.2 Å². The van der Waals surface area contributed by atoms with Gasteiger partial charge in [0, 0.05) is 42.3 Å². The summed E-state index contributed by atoms with van der Waals surface area (Å²) in [5, 5.41) is 22.2. The molecule has 0 N–H and O–H groups in total.